The molecule has 2 N–H and O–H groups in total. The van der Waals surface area contributed by atoms with Crippen LogP contribution in [0.1, 0.15) is 36.5 Å². The molecular weight excluding hydrogens is 214 g/mol. The molecule has 2 rings (SSSR count). The standard InChI is InChI=1S/C13H19N3O/c1-13(10-14)6-2-3-9-16(13)12(17)11-4-7-15-8-5-11/h4-5,7-8H,2-3,6,9-10,14H2,1H3. The maximum Gasteiger partial charge on any atom is 0.254 e. The lowest BCUT2D eigenvalue weighted by Gasteiger charge is -2.44. The molecule has 0 radical (unpaired) electrons. The molecule has 17 heavy (non-hydrogen) atoms. The maximum absolute atomic E-state index is 12.4. The van der Waals surface area contributed by atoms with Gasteiger partial charge in [-0.25, -0.2) is 0 Å². The first-order chi connectivity index (χ1) is 8.17. The summed E-state index contributed by atoms with van der Waals surface area (Å²) in [6.45, 7) is 3.39. The number of carbonyl (C=O) groups excluding carboxylic acids is 1. The Morgan fingerprint density at radius 3 is 2.82 bits per heavy atom. The van der Waals surface area contributed by atoms with Gasteiger partial charge in [-0.1, -0.05) is 0 Å². The molecule has 4 nitrogen and oxygen atoms in total. The van der Waals surface area contributed by atoms with E-state index in [0.29, 0.717) is 12.1 Å². The van der Waals surface area contributed by atoms with E-state index in [1.165, 1.54) is 0 Å². The molecule has 1 aromatic rings. The monoisotopic (exact) mass is 233 g/mol. The number of hydrogen-bond donors (Lipinski definition) is 1. The van der Waals surface area contributed by atoms with E-state index in [1.54, 1.807) is 24.5 Å². The molecule has 1 atom stereocenters. The van der Waals surface area contributed by atoms with Crippen molar-refractivity contribution in [2.24, 2.45) is 5.73 Å². The number of piperidine rings is 1. The predicted molar refractivity (Wildman–Crippen MR) is 66.6 cm³/mol. The highest BCUT2D eigenvalue weighted by Crippen LogP contribution is 2.28. The van der Waals surface area contributed by atoms with Crippen LogP contribution in [0.3, 0.4) is 0 Å². The van der Waals surface area contributed by atoms with E-state index in [0.717, 1.165) is 25.8 Å². The molecule has 2 heterocycles. The molecule has 4 heteroatoms. The number of nitrogens with two attached hydrogens (primary N) is 1. The van der Waals surface area contributed by atoms with Gasteiger partial charge >= 0.3 is 0 Å². The van der Waals surface area contributed by atoms with Gasteiger partial charge in [0, 0.05) is 31.0 Å². The van der Waals surface area contributed by atoms with Crippen molar-refractivity contribution in [3.8, 4) is 0 Å². The number of pyridine rings is 1. The summed E-state index contributed by atoms with van der Waals surface area (Å²) in [4.78, 5) is 18.3. The quantitative estimate of drug-likeness (QED) is 0.840. The second kappa shape index (κ2) is 4.84. The molecule has 0 bridgehead atoms. The Kier molecular flexibility index (Phi) is 3.43. The molecule has 0 saturated carbocycles. The number of amides is 1. The molecule has 1 aromatic heterocycles. The minimum absolute atomic E-state index is 0.0695. The molecule has 0 spiro atoms. The van der Waals surface area contributed by atoms with Gasteiger partial charge in [-0.15, -0.1) is 0 Å². The summed E-state index contributed by atoms with van der Waals surface area (Å²) in [5.41, 5.74) is 6.34. The van der Waals surface area contributed by atoms with E-state index < -0.39 is 0 Å². The van der Waals surface area contributed by atoms with Crippen LogP contribution < -0.4 is 5.73 Å². The molecule has 0 aromatic carbocycles. The van der Waals surface area contributed by atoms with Gasteiger partial charge in [0.2, 0.25) is 0 Å². The zero-order valence-electron chi connectivity index (χ0n) is 10.2. The maximum atomic E-state index is 12.4. The van der Waals surface area contributed by atoms with Gasteiger partial charge in [-0.2, -0.15) is 0 Å². The summed E-state index contributed by atoms with van der Waals surface area (Å²) in [6.07, 6.45) is 6.49. The van der Waals surface area contributed by atoms with E-state index in [4.69, 9.17) is 5.73 Å². The van der Waals surface area contributed by atoms with E-state index in [-0.39, 0.29) is 11.4 Å². The minimum Gasteiger partial charge on any atom is -0.332 e. The Morgan fingerprint density at radius 1 is 1.47 bits per heavy atom. The Morgan fingerprint density at radius 2 is 2.18 bits per heavy atom. The number of carbonyl (C=O) groups is 1. The Hall–Kier alpha value is -1.42. The predicted octanol–water partition coefficient (Wildman–Crippen LogP) is 1.43. The fourth-order valence-corrected chi connectivity index (χ4v) is 2.39. The number of rotatable bonds is 2. The zero-order chi connectivity index (χ0) is 12.3. The van der Waals surface area contributed by atoms with Gasteiger partial charge in [-0.05, 0) is 38.3 Å². The summed E-state index contributed by atoms with van der Waals surface area (Å²) in [5, 5.41) is 0. The molecule has 92 valence electrons. The van der Waals surface area contributed by atoms with Crippen LogP contribution in [0.15, 0.2) is 24.5 Å². The van der Waals surface area contributed by atoms with Crippen molar-refractivity contribution in [3.05, 3.63) is 30.1 Å². The van der Waals surface area contributed by atoms with Crippen molar-refractivity contribution < 1.29 is 4.79 Å². The third kappa shape index (κ3) is 2.31. The third-order valence-corrected chi connectivity index (χ3v) is 3.61. The summed E-state index contributed by atoms with van der Waals surface area (Å²) >= 11 is 0. The fourth-order valence-electron chi connectivity index (χ4n) is 2.39. The lowest BCUT2D eigenvalue weighted by molar-refractivity contribution is 0.0403. The molecular formula is C13H19N3O. The highest BCUT2D eigenvalue weighted by atomic mass is 16.2. The van der Waals surface area contributed by atoms with E-state index in [9.17, 15) is 4.79 Å². The summed E-state index contributed by atoms with van der Waals surface area (Å²) in [6, 6.07) is 3.52. The number of hydrogen-bond acceptors (Lipinski definition) is 3. The molecule has 1 amide bonds. The van der Waals surface area contributed by atoms with Crippen LogP contribution in [-0.4, -0.2) is 34.4 Å². The van der Waals surface area contributed by atoms with Crippen molar-refractivity contribution in [1.29, 1.82) is 0 Å². The molecule has 1 aliphatic heterocycles. The van der Waals surface area contributed by atoms with Crippen molar-refractivity contribution in [1.82, 2.24) is 9.88 Å². The fraction of sp³-hybridized carbons (Fsp3) is 0.538. The second-order valence-electron chi connectivity index (χ2n) is 4.85. The minimum atomic E-state index is -0.196. The van der Waals surface area contributed by atoms with Crippen molar-refractivity contribution >= 4 is 5.91 Å². The Balaban J connectivity index is 2.23. The molecule has 1 fully saturated rings. The van der Waals surface area contributed by atoms with E-state index in [2.05, 4.69) is 11.9 Å². The normalized spacial score (nSPS) is 24.7. The Bertz CT molecular complexity index is 393. The van der Waals surface area contributed by atoms with Gasteiger partial charge < -0.3 is 10.6 Å². The summed E-state index contributed by atoms with van der Waals surface area (Å²) in [7, 11) is 0. The van der Waals surface area contributed by atoms with Crippen LogP contribution in [-0.2, 0) is 0 Å². The van der Waals surface area contributed by atoms with Gasteiger partial charge in [0.1, 0.15) is 0 Å². The average molecular weight is 233 g/mol. The van der Waals surface area contributed by atoms with Gasteiger partial charge in [-0.3, -0.25) is 9.78 Å². The number of likely N-dealkylation sites (tertiary alicyclic amines) is 1. The lowest BCUT2D eigenvalue weighted by Crippen LogP contribution is -2.56. The highest BCUT2D eigenvalue weighted by molar-refractivity contribution is 5.94. The highest BCUT2D eigenvalue weighted by Gasteiger charge is 2.36. The third-order valence-electron chi connectivity index (χ3n) is 3.61. The van der Waals surface area contributed by atoms with Crippen LogP contribution in [0.25, 0.3) is 0 Å². The molecule has 0 aliphatic carbocycles. The molecule has 1 saturated heterocycles. The van der Waals surface area contributed by atoms with E-state index >= 15 is 0 Å². The smallest absolute Gasteiger partial charge is 0.254 e. The van der Waals surface area contributed by atoms with Crippen LogP contribution in [0.2, 0.25) is 0 Å². The largest absolute Gasteiger partial charge is 0.332 e. The lowest BCUT2D eigenvalue weighted by atomic mass is 9.88. The zero-order valence-corrected chi connectivity index (χ0v) is 10.2. The van der Waals surface area contributed by atoms with Crippen LogP contribution in [0.4, 0.5) is 0 Å². The van der Waals surface area contributed by atoms with Crippen LogP contribution >= 0.6 is 0 Å². The van der Waals surface area contributed by atoms with Gasteiger partial charge in [0.05, 0.1) is 5.54 Å². The van der Waals surface area contributed by atoms with Gasteiger partial charge in [0.15, 0.2) is 0 Å². The van der Waals surface area contributed by atoms with Gasteiger partial charge in [0.25, 0.3) is 5.91 Å². The topological polar surface area (TPSA) is 59.2 Å². The SMILES string of the molecule is CC1(CN)CCCCN1C(=O)c1ccncc1. The summed E-state index contributed by atoms with van der Waals surface area (Å²) in [5.74, 6) is 0.0695. The molecule has 1 unspecified atom stereocenters. The van der Waals surface area contributed by atoms with E-state index in [1.807, 2.05) is 4.90 Å². The number of aromatic nitrogens is 1. The second-order valence-corrected chi connectivity index (χ2v) is 4.85. The number of nitrogens with zero attached hydrogens (tertiary/aromatic N) is 2. The molecule has 1 aliphatic rings. The van der Waals surface area contributed by atoms with Crippen molar-refractivity contribution in [2.45, 2.75) is 31.7 Å². The first-order valence-electron chi connectivity index (χ1n) is 6.09. The summed E-state index contributed by atoms with van der Waals surface area (Å²) < 4.78 is 0. The van der Waals surface area contributed by atoms with Crippen LogP contribution in [0, 0.1) is 0 Å². The first-order valence-corrected chi connectivity index (χ1v) is 6.09. The van der Waals surface area contributed by atoms with Crippen LogP contribution in [0.5, 0.6) is 0 Å². The average Bonchev–Trinajstić information content (AvgIpc) is 2.39. The van der Waals surface area contributed by atoms with Crippen molar-refractivity contribution in [3.63, 3.8) is 0 Å². The van der Waals surface area contributed by atoms with Crippen molar-refractivity contribution in [2.75, 3.05) is 13.1 Å². The first kappa shape index (κ1) is 12.0. The Labute approximate surface area is 102 Å².